The molecule has 0 heterocycles. The van der Waals surface area contributed by atoms with Crippen LogP contribution in [-0.4, -0.2) is 0 Å². The molecule has 0 atom stereocenters. The van der Waals surface area contributed by atoms with Crippen molar-refractivity contribution in [3.05, 3.63) is 83.9 Å². The number of benzene rings is 2. The van der Waals surface area contributed by atoms with Gasteiger partial charge in [-0.3, -0.25) is 0 Å². The van der Waals surface area contributed by atoms with Gasteiger partial charge in [-0.15, -0.1) is 0 Å². The molecule has 0 fully saturated rings. The van der Waals surface area contributed by atoms with E-state index in [1.54, 1.807) is 0 Å². The molecule has 0 spiro atoms. The maximum atomic E-state index is 3.75. The molecular formula is C18H14. The molecule has 0 amide bonds. The van der Waals surface area contributed by atoms with Gasteiger partial charge in [-0.1, -0.05) is 61.4 Å². The first-order valence-corrected chi connectivity index (χ1v) is 5.79. The van der Waals surface area contributed by atoms with Crippen LogP contribution in [0, 0.1) is 11.8 Å². The van der Waals surface area contributed by atoms with Gasteiger partial charge in [-0.2, -0.15) is 0 Å². The lowest BCUT2D eigenvalue weighted by atomic mass is 10.1. The zero-order valence-corrected chi connectivity index (χ0v) is 10.2. The standard InChI is InChI=1S/C18H14/c1-3-15-7-5-9-17(13-15)11-12-18-10-6-8-16(4-2)14-18/h3-10,13-14H,1-2H2. The van der Waals surface area contributed by atoms with Crippen LogP contribution in [0.2, 0.25) is 0 Å². The van der Waals surface area contributed by atoms with Crippen molar-refractivity contribution in [2.75, 3.05) is 0 Å². The summed E-state index contributed by atoms with van der Waals surface area (Å²) in [5.41, 5.74) is 4.16. The Bertz CT molecular complexity index is 581. The van der Waals surface area contributed by atoms with E-state index in [0.717, 1.165) is 22.3 Å². The lowest BCUT2D eigenvalue weighted by molar-refractivity contribution is 1.59. The fourth-order valence-corrected chi connectivity index (χ4v) is 1.63. The van der Waals surface area contributed by atoms with Crippen LogP contribution in [-0.2, 0) is 0 Å². The van der Waals surface area contributed by atoms with E-state index in [1.165, 1.54) is 0 Å². The van der Waals surface area contributed by atoms with Crippen molar-refractivity contribution in [1.29, 1.82) is 0 Å². The highest BCUT2D eigenvalue weighted by Crippen LogP contribution is 2.07. The minimum atomic E-state index is 0.997. The molecule has 0 nitrogen and oxygen atoms in total. The summed E-state index contributed by atoms with van der Waals surface area (Å²) in [6.07, 6.45) is 3.65. The highest BCUT2D eigenvalue weighted by atomic mass is 13.9. The number of hydrogen-bond donors (Lipinski definition) is 0. The van der Waals surface area contributed by atoms with Crippen LogP contribution < -0.4 is 0 Å². The molecule has 2 rings (SSSR count). The van der Waals surface area contributed by atoms with Gasteiger partial charge in [0.2, 0.25) is 0 Å². The van der Waals surface area contributed by atoms with Crippen LogP contribution in [0.4, 0.5) is 0 Å². The van der Waals surface area contributed by atoms with Crippen LogP contribution in [0.3, 0.4) is 0 Å². The normalized spacial score (nSPS) is 9.11. The fraction of sp³-hybridized carbons (Fsp3) is 0. The van der Waals surface area contributed by atoms with Crippen LogP contribution in [0.1, 0.15) is 22.3 Å². The van der Waals surface area contributed by atoms with E-state index in [0.29, 0.717) is 0 Å². The molecule has 0 radical (unpaired) electrons. The summed E-state index contributed by atoms with van der Waals surface area (Å²) in [5, 5.41) is 0. The Morgan fingerprint density at radius 2 is 1.17 bits per heavy atom. The van der Waals surface area contributed by atoms with Gasteiger partial charge in [0.25, 0.3) is 0 Å². The summed E-state index contributed by atoms with van der Waals surface area (Å²) in [6, 6.07) is 16.0. The van der Waals surface area contributed by atoms with E-state index in [-0.39, 0.29) is 0 Å². The second kappa shape index (κ2) is 5.70. The van der Waals surface area contributed by atoms with Crippen molar-refractivity contribution in [2.45, 2.75) is 0 Å². The van der Waals surface area contributed by atoms with Gasteiger partial charge >= 0.3 is 0 Å². The van der Waals surface area contributed by atoms with Gasteiger partial charge in [0, 0.05) is 11.1 Å². The smallest absolute Gasteiger partial charge is 0.0254 e. The molecule has 0 unspecified atom stereocenters. The highest BCUT2D eigenvalue weighted by Gasteiger charge is 1.90. The van der Waals surface area contributed by atoms with E-state index < -0.39 is 0 Å². The lowest BCUT2D eigenvalue weighted by Gasteiger charge is -1.95. The molecule has 86 valence electrons. The van der Waals surface area contributed by atoms with Gasteiger partial charge in [0.15, 0.2) is 0 Å². The summed E-state index contributed by atoms with van der Waals surface area (Å²) >= 11 is 0. The maximum absolute atomic E-state index is 3.75. The van der Waals surface area contributed by atoms with Crippen molar-refractivity contribution in [3.63, 3.8) is 0 Å². The molecule has 0 aromatic heterocycles. The Morgan fingerprint density at radius 1 is 0.722 bits per heavy atom. The Hall–Kier alpha value is -2.52. The minimum Gasteiger partial charge on any atom is -0.0985 e. The molecule has 0 aliphatic heterocycles. The van der Waals surface area contributed by atoms with Gasteiger partial charge in [-0.25, -0.2) is 0 Å². The highest BCUT2D eigenvalue weighted by molar-refractivity contribution is 5.54. The first-order chi connectivity index (χ1) is 8.81. The van der Waals surface area contributed by atoms with Crippen molar-refractivity contribution >= 4 is 12.2 Å². The van der Waals surface area contributed by atoms with Gasteiger partial charge in [0.1, 0.15) is 0 Å². The molecule has 0 heteroatoms. The van der Waals surface area contributed by atoms with Crippen molar-refractivity contribution in [1.82, 2.24) is 0 Å². The second-order valence-electron chi connectivity index (χ2n) is 3.91. The molecule has 2 aromatic carbocycles. The summed E-state index contributed by atoms with van der Waals surface area (Å²) in [6.45, 7) is 7.51. The maximum Gasteiger partial charge on any atom is 0.0254 e. The lowest BCUT2D eigenvalue weighted by Crippen LogP contribution is -1.79. The van der Waals surface area contributed by atoms with E-state index >= 15 is 0 Å². The molecule has 18 heavy (non-hydrogen) atoms. The van der Waals surface area contributed by atoms with Gasteiger partial charge in [0.05, 0.1) is 0 Å². The van der Waals surface area contributed by atoms with E-state index in [9.17, 15) is 0 Å². The number of rotatable bonds is 2. The second-order valence-corrected chi connectivity index (χ2v) is 3.91. The Morgan fingerprint density at radius 3 is 1.56 bits per heavy atom. The van der Waals surface area contributed by atoms with Crippen molar-refractivity contribution in [2.24, 2.45) is 0 Å². The predicted octanol–water partition coefficient (Wildman–Crippen LogP) is 4.37. The van der Waals surface area contributed by atoms with E-state index in [1.807, 2.05) is 60.7 Å². The SMILES string of the molecule is C=Cc1cccc(C#Cc2cccc(C=C)c2)c1. The third-order valence-corrected chi connectivity index (χ3v) is 2.60. The van der Waals surface area contributed by atoms with Crippen LogP contribution in [0.15, 0.2) is 61.7 Å². The van der Waals surface area contributed by atoms with E-state index in [4.69, 9.17) is 0 Å². The average Bonchev–Trinajstić information content (AvgIpc) is 2.45. The Labute approximate surface area is 108 Å². The molecule has 0 saturated heterocycles. The Kier molecular flexibility index (Phi) is 3.79. The van der Waals surface area contributed by atoms with Gasteiger partial charge < -0.3 is 0 Å². The van der Waals surface area contributed by atoms with Crippen molar-refractivity contribution in [3.8, 4) is 11.8 Å². The van der Waals surface area contributed by atoms with Crippen molar-refractivity contribution < 1.29 is 0 Å². The number of hydrogen-bond acceptors (Lipinski definition) is 0. The van der Waals surface area contributed by atoms with Crippen LogP contribution in [0.25, 0.3) is 12.2 Å². The summed E-state index contributed by atoms with van der Waals surface area (Å²) in [5.74, 6) is 6.31. The largest absolute Gasteiger partial charge is 0.0985 e. The molecule has 0 aliphatic rings. The third-order valence-electron chi connectivity index (χ3n) is 2.60. The quantitative estimate of drug-likeness (QED) is 0.672. The van der Waals surface area contributed by atoms with Crippen LogP contribution in [0.5, 0.6) is 0 Å². The average molecular weight is 230 g/mol. The molecule has 0 saturated carbocycles. The summed E-state index contributed by atoms with van der Waals surface area (Å²) < 4.78 is 0. The molecule has 0 N–H and O–H groups in total. The summed E-state index contributed by atoms with van der Waals surface area (Å²) in [7, 11) is 0. The molecule has 0 bridgehead atoms. The molecule has 0 aliphatic carbocycles. The zero-order chi connectivity index (χ0) is 12.8. The first-order valence-electron chi connectivity index (χ1n) is 5.79. The first kappa shape index (κ1) is 12.0. The van der Waals surface area contributed by atoms with E-state index in [2.05, 4.69) is 25.0 Å². The zero-order valence-electron chi connectivity index (χ0n) is 10.2. The predicted molar refractivity (Wildman–Crippen MR) is 79.0 cm³/mol. The fourth-order valence-electron chi connectivity index (χ4n) is 1.63. The Balaban J connectivity index is 2.30. The topological polar surface area (TPSA) is 0 Å². The van der Waals surface area contributed by atoms with Crippen LogP contribution >= 0.6 is 0 Å². The minimum absolute atomic E-state index is 0.997. The third kappa shape index (κ3) is 2.99. The molecular weight excluding hydrogens is 216 g/mol. The molecule has 2 aromatic rings. The summed E-state index contributed by atoms with van der Waals surface area (Å²) in [4.78, 5) is 0. The monoisotopic (exact) mass is 230 g/mol. The van der Waals surface area contributed by atoms with Gasteiger partial charge in [-0.05, 0) is 35.4 Å².